The van der Waals surface area contributed by atoms with Gasteiger partial charge >= 0.3 is 5.97 Å². The van der Waals surface area contributed by atoms with Crippen LogP contribution >= 0.6 is 0 Å². The number of nitrogens with zero attached hydrogens (tertiary/aromatic N) is 1. The Morgan fingerprint density at radius 2 is 1.79 bits per heavy atom. The van der Waals surface area contributed by atoms with Crippen LogP contribution in [-0.2, 0) is 16.1 Å². The van der Waals surface area contributed by atoms with Gasteiger partial charge in [0.2, 0.25) is 5.91 Å². The molecule has 174 valence electrons. The van der Waals surface area contributed by atoms with Gasteiger partial charge in [0.25, 0.3) is 0 Å². The van der Waals surface area contributed by atoms with Gasteiger partial charge in [0.1, 0.15) is 5.92 Å². The Kier molecular flexibility index (Phi) is 7.50. The van der Waals surface area contributed by atoms with E-state index >= 15 is 0 Å². The van der Waals surface area contributed by atoms with E-state index in [1.54, 1.807) is 18.2 Å². The van der Waals surface area contributed by atoms with Crippen molar-refractivity contribution in [1.82, 2.24) is 5.32 Å². The molecule has 34 heavy (non-hydrogen) atoms. The van der Waals surface area contributed by atoms with Crippen molar-refractivity contribution < 1.29 is 14.3 Å². The second-order valence-electron chi connectivity index (χ2n) is 8.28. The van der Waals surface area contributed by atoms with Crippen molar-refractivity contribution >= 4 is 29.0 Å². The molecule has 3 aromatic rings. The zero-order valence-electron chi connectivity index (χ0n) is 19.5. The average molecular weight is 456 g/mol. The fourth-order valence-electron chi connectivity index (χ4n) is 4.05. The molecule has 0 saturated carbocycles. The number of aliphatic imine (C=N–C) groups is 1. The number of methoxy groups -OCH3 is 1. The fraction of sp³-hybridized carbons (Fsp3) is 0.250. The molecule has 1 amide bonds. The molecule has 6 nitrogen and oxygen atoms in total. The van der Waals surface area contributed by atoms with Crippen LogP contribution in [0.5, 0.6) is 0 Å². The van der Waals surface area contributed by atoms with Crippen molar-refractivity contribution in [2.24, 2.45) is 4.99 Å². The molecule has 2 N–H and O–H groups in total. The summed E-state index contributed by atoms with van der Waals surface area (Å²) in [5, 5.41) is 6.35. The van der Waals surface area contributed by atoms with Crippen LogP contribution in [0.2, 0.25) is 0 Å². The summed E-state index contributed by atoms with van der Waals surface area (Å²) >= 11 is 0. The number of carbonyl (C=O) groups is 2. The lowest BCUT2D eigenvalue weighted by Crippen LogP contribution is -2.21. The summed E-state index contributed by atoms with van der Waals surface area (Å²) in [7, 11) is 1.34. The van der Waals surface area contributed by atoms with Gasteiger partial charge in [-0.25, -0.2) is 4.79 Å². The number of hydrogen-bond acceptors (Lipinski definition) is 5. The highest BCUT2D eigenvalue weighted by Crippen LogP contribution is 2.37. The highest BCUT2D eigenvalue weighted by atomic mass is 16.5. The number of anilines is 1. The normalized spacial score (nSPS) is 15.1. The number of unbranched alkanes of at least 4 members (excludes halogenated alkanes) is 1. The van der Waals surface area contributed by atoms with Gasteiger partial charge in [-0.15, -0.1) is 0 Å². The van der Waals surface area contributed by atoms with Crippen LogP contribution in [0, 0.1) is 0 Å². The minimum Gasteiger partial charge on any atom is -0.465 e. The molecule has 4 rings (SSSR count). The molecule has 1 aliphatic rings. The molecule has 0 aliphatic carbocycles. The molecule has 0 spiro atoms. The van der Waals surface area contributed by atoms with E-state index < -0.39 is 11.9 Å². The largest absolute Gasteiger partial charge is 0.465 e. The Morgan fingerprint density at radius 1 is 1.03 bits per heavy atom. The van der Waals surface area contributed by atoms with Crippen molar-refractivity contribution in [2.75, 3.05) is 19.0 Å². The number of carbonyl (C=O) groups excluding carboxylic acids is 2. The summed E-state index contributed by atoms with van der Waals surface area (Å²) in [6.07, 6.45) is 2.33. The summed E-state index contributed by atoms with van der Waals surface area (Å²) < 4.78 is 4.81. The maximum absolute atomic E-state index is 13.1. The Balaban J connectivity index is 1.67. The van der Waals surface area contributed by atoms with E-state index in [0.29, 0.717) is 17.0 Å². The molecule has 1 aliphatic heterocycles. The molecule has 1 heterocycles. The van der Waals surface area contributed by atoms with Crippen LogP contribution in [0.1, 0.15) is 52.7 Å². The van der Waals surface area contributed by atoms with Gasteiger partial charge in [-0.3, -0.25) is 9.79 Å². The molecule has 1 atom stereocenters. The molecule has 0 aromatic heterocycles. The third-order valence-electron chi connectivity index (χ3n) is 5.87. The average Bonchev–Trinajstić information content (AvgIpc) is 3.20. The molecular formula is C28H29N3O3. The highest BCUT2D eigenvalue weighted by molar-refractivity contribution is 6.24. The first-order chi connectivity index (χ1) is 16.6. The van der Waals surface area contributed by atoms with Crippen molar-refractivity contribution in [3.63, 3.8) is 0 Å². The van der Waals surface area contributed by atoms with E-state index in [0.717, 1.165) is 36.3 Å². The number of amides is 1. The Bertz CT molecular complexity index is 1190. The van der Waals surface area contributed by atoms with E-state index in [1.807, 2.05) is 42.5 Å². The third kappa shape index (κ3) is 5.24. The molecule has 0 radical (unpaired) electrons. The highest BCUT2D eigenvalue weighted by Gasteiger charge is 2.35. The van der Waals surface area contributed by atoms with Gasteiger partial charge in [-0.1, -0.05) is 61.9 Å². The molecule has 6 heteroatoms. The Morgan fingerprint density at radius 3 is 2.50 bits per heavy atom. The predicted molar refractivity (Wildman–Crippen MR) is 135 cm³/mol. The first kappa shape index (κ1) is 23.4. The van der Waals surface area contributed by atoms with Crippen molar-refractivity contribution in [2.45, 2.75) is 32.2 Å². The van der Waals surface area contributed by atoms with Crippen LogP contribution in [0.4, 0.5) is 11.4 Å². The van der Waals surface area contributed by atoms with Gasteiger partial charge in [-0.05, 0) is 53.9 Å². The molecule has 3 aromatic carbocycles. The maximum Gasteiger partial charge on any atom is 0.337 e. The minimum atomic E-state index is -0.584. The summed E-state index contributed by atoms with van der Waals surface area (Å²) in [6.45, 7) is 4.00. The minimum absolute atomic E-state index is 0.170. The number of esters is 1. The Labute approximate surface area is 200 Å². The molecular weight excluding hydrogens is 426 g/mol. The van der Waals surface area contributed by atoms with E-state index in [1.165, 1.54) is 19.1 Å². The SMILES string of the molecule is CCCCNCc1ccc(N=C(c2ccccc2)C2C(=O)Nc3cc(C(=O)OC)ccc32)cc1. The number of hydrogen-bond donors (Lipinski definition) is 2. The summed E-state index contributed by atoms with van der Waals surface area (Å²) in [4.78, 5) is 30.0. The standard InChI is InChI=1S/C28H29N3O3/c1-3-4-16-29-18-19-10-13-22(14-11-19)30-26(20-8-6-5-7-9-20)25-23-15-12-21(28(33)34-2)17-24(23)31-27(25)32/h5-15,17,25,29H,3-4,16,18H2,1-2H3,(H,31,32). The maximum atomic E-state index is 13.1. The molecule has 0 fully saturated rings. The lowest BCUT2D eigenvalue weighted by Gasteiger charge is -2.14. The summed E-state index contributed by atoms with van der Waals surface area (Å²) in [5.41, 5.74) is 5.30. The lowest BCUT2D eigenvalue weighted by molar-refractivity contribution is -0.115. The number of fused-ring (bicyclic) bond motifs is 1. The van der Waals surface area contributed by atoms with Crippen LogP contribution < -0.4 is 10.6 Å². The number of nitrogens with one attached hydrogen (secondary N) is 2. The van der Waals surface area contributed by atoms with E-state index in [9.17, 15) is 9.59 Å². The quantitative estimate of drug-likeness (QED) is 0.263. The van der Waals surface area contributed by atoms with Crippen LogP contribution in [0.25, 0.3) is 0 Å². The van der Waals surface area contributed by atoms with E-state index in [4.69, 9.17) is 9.73 Å². The monoisotopic (exact) mass is 455 g/mol. The van der Waals surface area contributed by atoms with Crippen molar-refractivity contribution in [3.8, 4) is 0 Å². The Hall–Kier alpha value is -3.77. The summed E-state index contributed by atoms with van der Waals surface area (Å²) in [5.74, 6) is -1.20. The number of benzene rings is 3. The van der Waals surface area contributed by atoms with Gasteiger partial charge in [0, 0.05) is 12.2 Å². The predicted octanol–water partition coefficient (Wildman–Crippen LogP) is 5.22. The van der Waals surface area contributed by atoms with Gasteiger partial charge < -0.3 is 15.4 Å². The van der Waals surface area contributed by atoms with Gasteiger partial charge in [-0.2, -0.15) is 0 Å². The van der Waals surface area contributed by atoms with Crippen molar-refractivity contribution in [1.29, 1.82) is 0 Å². The lowest BCUT2D eigenvalue weighted by atomic mass is 9.90. The zero-order valence-corrected chi connectivity index (χ0v) is 19.5. The summed E-state index contributed by atoms with van der Waals surface area (Å²) in [6, 6.07) is 22.9. The fourth-order valence-corrected chi connectivity index (χ4v) is 4.05. The van der Waals surface area contributed by atoms with Gasteiger partial charge in [0.05, 0.1) is 24.1 Å². The first-order valence-electron chi connectivity index (χ1n) is 11.6. The van der Waals surface area contributed by atoms with Crippen LogP contribution in [-0.4, -0.2) is 31.2 Å². The second-order valence-corrected chi connectivity index (χ2v) is 8.28. The number of ether oxygens (including phenoxy) is 1. The smallest absolute Gasteiger partial charge is 0.337 e. The number of rotatable bonds is 9. The molecule has 0 bridgehead atoms. The van der Waals surface area contributed by atoms with Crippen LogP contribution in [0.15, 0.2) is 77.8 Å². The zero-order chi connectivity index (χ0) is 23.9. The second kappa shape index (κ2) is 10.9. The van der Waals surface area contributed by atoms with E-state index in [-0.39, 0.29) is 5.91 Å². The van der Waals surface area contributed by atoms with Crippen LogP contribution in [0.3, 0.4) is 0 Å². The van der Waals surface area contributed by atoms with E-state index in [2.05, 4.69) is 29.7 Å². The first-order valence-corrected chi connectivity index (χ1v) is 11.6. The van der Waals surface area contributed by atoms with Crippen molar-refractivity contribution in [3.05, 3.63) is 95.1 Å². The van der Waals surface area contributed by atoms with Gasteiger partial charge in [0.15, 0.2) is 0 Å². The third-order valence-corrected chi connectivity index (χ3v) is 5.87. The molecule has 1 unspecified atom stereocenters. The molecule has 0 saturated heterocycles. The topological polar surface area (TPSA) is 79.8 Å².